The van der Waals surface area contributed by atoms with Gasteiger partial charge in [0.1, 0.15) is 0 Å². The normalized spacial score (nSPS) is 21.5. The van der Waals surface area contributed by atoms with E-state index < -0.39 is 0 Å². The van der Waals surface area contributed by atoms with E-state index >= 15 is 0 Å². The highest BCUT2D eigenvalue weighted by molar-refractivity contribution is 5.88. The zero-order valence-corrected chi connectivity index (χ0v) is 28.2. The Kier molecular flexibility index (Phi) is 8.14. The summed E-state index contributed by atoms with van der Waals surface area (Å²) in [5.74, 6) is 4.08. The predicted octanol–water partition coefficient (Wildman–Crippen LogP) is 11.2. The van der Waals surface area contributed by atoms with E-state index in [1.165, 1.54) is 37.7 Å². The SMILES string of the molecule is C[C@@H]1CC2C[C@H](C)CC(c3ccc(-c4cc(-c5ccccc5)c(-c5nc(-c6ccccc6)nc(-c6ccccc6)n5)cc4C#N)cc3)(C2)C1. The molecule has 2 fully saturated rings. The summed E-state index contributed by atoms with van der Waals surface area (Å²) in [5, 5.41) is 10.6. The molecule has 0 saturated heterocycles. The third-order valence-corrected chi connectivity index (χ3v) is 10.7. The van der Waals surface area contributed by atoms with Crippen LogP contribution in [-0.4, -0.2) is 15.0 Å². The fourth-order valence-corrected chi connectivity index (χ4v) is 8.96. The average molecular weight is 637 g/mol. The highest BCUT2D eigenvalue weighted by Crippen LogP contribution is 2.54. The van der Waals surface area contributed by atoms with Crippen molar-refractivity contribution in [2.75, 3.05) is 0 Å². The van der Waals surface area contributed by atoms with Gasteiger partial charge < -0.3 is 0 Å². The second-order valence-electron chi connectivity index (χ2n) is 14.5. The van der Waals surface area contributed by atoms with E-state index in [0.29, 0.717) is 23.0 Å². The minimum atomic E-state index is 0.265. The molecule has 0 N–H and O–H groups in total. The Morgan fingerprint density at radius 1 is 0.531 bits per heavy atom. The summed E-state index contributed by atoms with van der Waals surface area (Å²) >= 11 is 0. The first-order valence-electron chi connectivity index (χ1n) is 17.6. The number of hydrogen-bond acceptors (Lipinski definition) is 4. The molecule has 4 atom stereocenters. The Labute approximate surface area is 289 Å². The molecule has 0 aliphatic heterocycles. The van der Waals surface area contributed by atoms with E-state index in [1.54, 1.807) is 0 Å². The quantitative estimate of drug-likeness (QED) is 0.182. The molecule has 0 radical (unpaired) electrons. The standard InChI is InChI=1S/C45H40N4/c1-30-22-32-23-31(2)27-45(26-30,28-32)38-20-18-34(19-21-38)39-25-40(33-12-6-3-7-13-33)41(24-37(39)29-46)44-48-42(35-14-8-4-9-15-35)47-43(49-44)36-16-10-5-11-17-36/h3-21,24-25,30-32H,22-23,26-28H2,1-2H3/t30-,31+,32?,45?. The Hall–Kier alpha value is -5.40. The molecule has 1 aromatic heterocycles. The van der Waals surface area contributed by atoms with Gasteiger partial charge in [0, 0.05) is 22.3 Å². The highest BCUT2D eigenvalue weighted by Gasteiger charge is 2.45. The van der Waals surface area contributed by atoms with Gasteiger partial charge in [0.15, 0.2) is 17.5 Å². The number of rotatable bonds is 6. The molecule has 49 heavy (non-hydrogen) atoms. The molecule has 8 rings (SSSR count). The molecule has 240 valence electrons. The molecular weight excluding hydrogens is 597 g/mol. The van der Waals surface area contributed by atoms with Crippen molar-refractivity contribution in [2.24, 2.45) is 17.8 Å². The van der Waals surface area contributed by atoms with Crippen molar-refractivity contribution in [3.05, 3.63) is 139 Å². The van der Waals surface area contributed by atoms with Gasteiger partial charge in [-0.1, -0.05) is 129 Å². The minimum Gasteiger partial charge on any atom is -0.208 e. The molecule has 6 aromatic rings. The number of benzene rings is 5. The maximum absolute atomic E-state index is 10.6. The largest absolute Gasteiger partial charge is 0.208 e. The Morgan fingerprint density at radius 3 is 1.55 bits per heavy atom. The first-order chi connectivity index (χ1) is 24.0. The van der Waals surface area contributed by atoms with E-state index in [9.17, 15) is 5.26 Å². The van der Waals surface area contributed by atoms with Crippen LogP contribution >= 0.6 is 0 Å². The predicted molar refractivity (Wildman–Crippen MR) is 198 cm³/mol. The molecule has 2 unspecified atom stereocenters. The van der Waals surface area contributed by atoms with Crippen LogP contribution in [0.25, 0.3) is 56.4 Å². The molecule has 2 aliphatic rings. The lowest BCUT2D eigenvalue weighted by Crippen LogP contribution is -2.42. The van der Waals surface area contributed by atoms with Crippen LogP contribution in [0.15, 0.2) is 127 Å². The number of fused-ring (bicyclic) bond motifs is 2. The lowest BCUT2D eigenvalue weighted by Gasteiger charge is -2.50. The first-order valence-corrected chi connectivity index (χ1v) is 17.6. The van der Waals surface area contributed by atoms with Crippen LogP contribution in [0.3, 0.4) is 0 Å². The summed E-state index contributed by atoms with van der Waals surface area (Å²) in [5.41, 5.74) is 8.94. The lowest BCUT2D eigenvalue weighted by molar-refractivity contribution is 0.0780. The topological polar surface area (TPSA) is 62.5 Å². The van der Waals surface area contributed by atoms with Crippen LogP contribution in [0.2, 0.25) is 0 Å². The van der Waals surface area contributed by atoms with Crippen LogP contribution < -0.4 is 0 Å². The molecule has 5 aromatic carbocycles. The summed E-state index contributed by atoms with van der Waals surface area (Å²) in [6.45, 7) is 4.88. The molecule has 4 nitrogen and oxygen atoms in total. The second-order valence-corrected chi connectivity index (χ2v) is 14.5. The van der Waals surface area contributed by atoms with E-state index in [-0.39, 0.29) is 5.41 Å². The first kappa shape index (κ1) is 30.9. The minimum absolute atomic E-state index is 0.265. The smallest absolute Gasteiger partial charge is 0.164 e. The Balaban J connectivity index is 1.27. The van der Waals surface area contributed by atoms with E-state index in [1.807, 2.05) is 84.9 Å². The van der Waals surface area contributed by atoms with E-state index in [4.69, 9.17) is 15.0 Å². The van der Waals surface area contributed by atoms with Crippen molar-refractivity contribution in [1.29, 1.82) is 5.26 Å². The molecular formula is C45H40N4. The van der Waals surface area contributed by atoms with E-state index in [0.717, 1.165) is 56.7 Å². The van der Waals surface area contributed by atoms with Crippen LogP contribution in [0.1, 0.15) is 57.1 Å². The van der Waals surface area contributed by atoms with Gasteiger partial charge in [0.2, 0.25) is 0 Å². The number of hydrogen-bond donors (Lipinski definition) is 0. The van der Waals surface area contributed by atoms with E-state index in [2.05, 4.69) is 62.4 Å². The third-order valence-electron chi connectivity index (χ3n) is 10.7. The number of nitriles is 1. The molecule has 2 saturated carbocycles. The Bertz CT molecular complexity index is 2060. The fraction of sp³-hybridized carbons (Fsp3) is 0.244. The van der Waals surface area contributed by atoms with Crippen LogP contribution in [-0.2, 0) is 5.41 Å². The van der Waals surface area contributed by atoms with Crippen molar-refractivity contribution in [2.45, 2.75) is 51.4 Å². The molecule has 1 heterocycles. The zero-order valence-electron chi connectivity index (χ0n) is 28.2. The lowest BCUT2D eigenvalue weighted by atomic mass is 9.54. The van der Waals surface area contributed by atoms with Gasteiger partial charge >= 0.3 is 0 Å². The number of aromatic nitrogens is 3. The third kappa shape index (κ3) is 6.07. The van der Waals surface area contributed by atoms with Gasteiger partial charge in [0.25, 0.3) is 0 Å². The summed E-state index contributed by atoms with van der Waals surface area (Å²) < 4.78 is 0. The fourth-order valence-electron chi connectivity index (χ4n) is 8.96. The van der Waals surface area contributed by atoms with Gasteiger partial charge in [0.05, 0.1) is 11.6 Å². The van der Waals surface area contributed by atoms with Crippen molar-refractivity contribution in [3.8, 4) is 62.5 Å². The monoisotopic (exact) mass is 636 g/mol. The van der Waals surface area contributed by atoms with Gasteiger partial charge in [-0.3, -0.25) is 0 Å². The molecule has 0 spiro atoms. The molecule has 0 amide bonds. The average Bonchev–Trinajstić information content (AvgIpc) is 3.14. The molecule has 2 bridgehead atoms. The molecule has 2 aliphatic carbocycles. The summed E-state index contributed by atoms with van der Waals surface area (Å²) in [6.07, 6.45) is 6.58. The molecule has 4 heteroatoms. The summed E-state index contributed by atoms with van der Waals surface area (Å²) in [6, 6.07) is 46.2. The second kappa shape index (κ2) is 12.9. The summed E-state index contributed by atoms with van der Waals surface area (Å²) in [4.78, 5) is 15.0. The van der Waals surface area contributed by atoms with Gasteiger partial charge in [-0.25, -0.2) is 15.0 Å². The maximum Gasteiger partial charge on any atom is 0.164 e. The highest BCUT2D eigenvalue weighted by atomic mass is 15.0. The van der Waals surface area contributed by atoms with Crippen molar-refractivity contribution < 1.29 is 0 Å². The Morgan fingerprint density at radius 2 is 1.02 bits per heavy atom. The zero-order chi connectivity index (χ0) is 33.4. The van der Waals surface area contributed by atoms with Gasteiger partial charge in [-0.15, -0.1) is 0 Å². The van der Waals surface area contributed by atoms with Crippen LogP contribution in [0.5, 0.6) is 0 Å². The maximum atomic E-state index is 10.6. The van der Waals surface area contributed by atoms with Gasteiger partial charge in [-0.05, 0) is 89.7 Å². The van der Waals surface area contributed by atoms with Crippen molar-refractivity contribution >= 4 is 0 Å². The number of nitrogens with zero attached hydrogens (tertiary/aromatic N) is 4. The van der Waals surface area contributed by atoms with Gasteiger partial charge in [-0.2, -0.15) is 5.26 Å². The van der Waals surface area contributed by atoms with Crippen molar-refractivity contribution in [3.63, 3.8) is 0 Å². The van der Waals surface area contributed by atoms with Crippen LogP contribution in [0, 0.1) is 29.1 Å². The van der Waals surface area contributed by atoms with Crippen LogP contribution in [0.4, 0.5) is 0 Å². The van der Waals surface area contributed by atoms with Crippen molar-refractivity contribution in [1.82, 2.24) is 15.0 Å². The summed E-state index contributed by atoms with van der Waals surface area (Å²) in [7, 11) is 0.